The third-order valence-corrected chi connectivity index (χ3v) is 6.93. The number of amides is 1. The highest BCUT2D eigenvalue weighted by atomic mass is 16.5. The van der Waals surface area contributed by atoms with Crippen molar-refractivity contribution in [3.63, 3.8) is 0 Å². The van der Waals surface area contributed by atoms with Crippen LogP contribution in [-0.2, 0) is 10.8 Å². The molecule has 210 valence electrons. The smallest absolute Gasteiger partial charge is 0.259 e. The van der Waals surface area contributed by atoms with Crippen LogP contribution >= 0.6 is 0 Å². The SMILES string of the molecule is CC(C)(C)CC(C)(C)c1ccc(Oc2ccc(N)cc2C(=O)Nc2ccccc2)c(C(C)(C)CC(C)(C)C)c1. The lowest BCUT2D eigenvalue weighted by Gasteiger charge is -2.37. The van der Waals surface area contributed by atoms with Gasteiger partial charge in [-0.05, 0) is 76.5 Å². The number of carbonyl (C=O) groups excluding carboxylic acids is 1. The van der Waals surface area contributed by atoms with Gasteiger partial charge in [-0.1, -0.05) is 99.6 Å². The van der Waals surface area contributed by atoms with Gasteiger partial charge < -0.3 is 15.8 Å². The molecule has 3 N–H and O–H groups in total. The third-order valence-electron chi connectivity index (χ3n) is 6.93. The van der Waals surface area contributed by atoms with Gasteiger partial charge in [-0.3, -0.25) is 4.79 Å². The summed E-state index contributed by atoms with van der Waals surface area (Å²) in [5.41, 5.74) is 10.3. The van der Waals surface area contributed by atoms with Crippen LogP contribution in [0, 0.1) is 10.8 Å². The molecule has 0 bridgehead atoms. The molecule has 3 aromatic carbocycles. The predicted octanol–water partition coefficient (Wildman–Crippen LogP) is 9.74. The largest absolute Gasteiger partial charge is 0.456 e. The molecule has 0 unspecified atom stereocenters. The molecule has 0 fully saturated rings. The fourth-order valence-electron chi connectivity index (χ4n) is 6.07. The standard InChI is InChI=1S/C35H48N2O2/c1-32(2,3)22-34(7,8)24-16-18-30(28(20-24)35(9,10)23-33(4,5)6)39-29-19-17-25(36)21-27(29)31(38)37-26-14-12-11-13-15-26/h11-21H,22-23,36H2,1-10H3,(H,37,38). The molecule has 0 saturated carbocycles. The van der Waals surface area contributed by atoms with Gasteiger partial charge in [-0.15, -0.1) is 0 Å². The van der Waals surface area contributed by atoms with Crippen LogP contribution in [0.1, 0.15) is 104 Å². The monoisotopic (exact) mass is 528 g/mol. The van der Waals surface area contributed by atoms with E-state index in [9.17, 15) is 4.79 Å². The van der Waals surface area contributed by atoms with Crippen LogP contribution in [0.3, 0.4) is 0 Å². The molecule has 39 heavy (non-hydrogen) atoms. The molecule has 3 rings (SSSR count). The molecular weight excluding hydrogens is 480 g/mol. The Morgan fingerprint density at radius 3 is 1.87 bits per heavy atom. The summed E-state index contributed by atoms with van der Waals surface area (Å²) in [5.74, 6) is 0.979. The van der Waals surface area contributed by atoms with Crippen molar-refractivity contribution in [1.82, 2.24) is 0 Å². The normalized spacial score (nSPS) is 12.8. The van der Waals surface area contributed by atoms with Crippen LogP contribution in [0.4, 0.5) is 11.4 Å². The molecule has 0 aromatic heterocycles. The number of nitrogens with one attached hydrogen (secondary N) is 1. The number of hydrogen-bond donors (Lipinski definition) is 2. The first-order valence-corrected chi connectivity index (χ1v) is 14.0. The summed E-state index contributed by atoms with van der Waals surface area (Å²) in [7, 11) is 0. The number of carbonyl (C=O) groups is 1. The first kappa shape index (κ1) is 30.3. The average Bonchev–Trinajstić information content (AvgIpc) is 2.77. The molecule has 0 heterocycles. The summed E-state index contributed by atoms with van der Waals surface area (Å²) in [6.45, 7) is 22.9. The highest BCUT2D eigenvalue weighted by molar-refractivity contribution is 6.06. The molecule has 0 spiro atoms. The fourth-order valence-corrected chi connectivity index (χ4v) is 6.07. The Hall–Kier alpha value is -3.27. The maximum absolute atomic E-state index is 13.3. The van der Waals surface area contributed by atoms with E-state index in [2.05, 4.69) is 92.8 Å². The van der Waals surface area contributed by atoms with Gasteiger partial charge in [-0.2, -0.15) is 0 Å². The van der Waals surface area contributed by atoms with Crippen LogP contribution in [0.15, 0.2) is 66.7 Å². The zero-order valence-electron chi connectivity index (χ0n) is 25.7. The van der Waals surface area contributed by atoms with E-state index in [1.807, 2.05) is 30.3 Å². The van der Waals surface area contributed by atoms with Gasteiger partial charge in [0.25, 0.3) is 5.91 Å². The quantitative estimate of drug-likeness (QED) is 0.286. The van der Waals surface area contributed by atoms with Crippen molar-refractivity contribution >= 4 is 17.3 Å². The molecule has 4 heteroatoms. The lowest BCUT2D eigenvalue weighted by molar-refractivity contribution is 0.102. The number of nitrogen functional groups attached to an aromatic ring is 1. The second-order valence-corrected chi connectivity index (χ2v) is 14.6. The minimum absolute atomic E-state index is 0.00866. The van der Waals surface area contributed by atoms with E-state index in [0.717, 1.165) is 24.2 Å². The molecule has 0 atom stereocenters. The highest BCUT2D eigenvalue weighted by Crippen LogP contribution is 2.45. The number of ether oxygens (including phenoxy) is 1. The molecule has 4 nitrogen and oxygen atoms in total. The van der Waals surface area contributed by atoms with Gasteiger partial charge in [0.1, 0.15) is 11.5 Å². The van der Waals surface area contributed by atoms with Gasteiger partial charge in [0.15, 0.2) is 0 Å². The summed E-state index contributed by atoms with van der Waals surface area (Å²) in [5, 5.41) is 2.96. The molecule has 0 aliphatic heterocycles. The number of nitrogens with two attached hydrogens (primary N) is 1. The van der Waals surface area contributed by atoms with E-state index in [1.165, 1.54) is 5.56 Å². The lowest BCUT2D eigenvalue weighted by Crippen LogP contribution is -2.28. The van der Waals surface area contributed by atoms with Crippen molar-refractivity contribution in [2.45, 2.75) is 92.9 Å². The van der Waals surface area contributed by atoms with E-state index in [4.69, 9.17) is 10.5 Å². The summed E-state index contributed by atoms with van der Waals surface area (Å²) in [6, 6.07) is 21.2. The third kappa shape index (κ3) is 8.36. The lowest BCUT2D eigenvalue weighted by atomic mass is 9.68. The van der Waals surface area contributed by atoms with Gasteiger partial charge >= 0.3 is 0 Å². The number of para-hydroxylation sites is 1. The zero-order valence-corrected chi connectivity index (χ0v) is 25.7. The average molecular weight is 529 g/mol. The fraction of sp³-hybridized carbons (Fsp3) is 0.457. The van der Waals surface area contributed by atoms with Gasteiger partial charge in [0.2, 0.25) is 0 Å². The molecule has 0 aliphatic rings. The van der Waals surface area contributed by atoms with Crippen molar-refractivity contribution < 1.29 is 9.53 Å². The number of hydrogen-bond acceptors (Lipinski definition) is 3. The van der Waals surface area contributed by atoms with Crippen molar-refractivity contribution in [2.75, 3.05) is 11.1 Å². The Labute approximate surface area is 236 Å². The van der Waals surface area contributed by atoms with Crippen molar-refractivity contribution in [3.8, 4) is 11.5 Å². The van der Waals surface area contributed by atoms with Crippen molar-refractivity contribution in [2.24, 2.45) is 10.8 Å². The first-order valence-electron chi connectivity index (χ1n) is 14.0. The zero-order chi connectivity index (χ0) is 29.2. The summed E-state index contributed by atoms with van der Waals surface area (Å²) >= 11 is 0. The van der Waals surface area contributed by atoms with Crippen LogP contribution in [0.2, 0.25) is 0 Å². The molecule has 0 radical (unpaired) electrons. The Kier molecular flexibility index (Phi) is 8.60. The molecule has 1 amide bonds. The van der Waals surface area contributed by atoms with Crippen LogP contribution in [0.5, 0.6) is 11.5 Å². The first-order chi connectivity index (χ1) is 17.9. The van der Waals surface area contributed by atoms with E-state index in [-0.39, 0.29) is 27.6 Å². The van der Waals surface area contributed by atoms with E-state index >= 15 is 0 Å². The molecular formula is C35H48N2O2. The molecule has 0 saturated heterocycles. The minimum Gasteiger partial charge on any atom is -0.456 e. The Morgan fingerprint density at radius 1 is 0.718 bits per heavy atom. The second kappa shape index (κ2) is 11.1. The second-order valence-electron chi connectivity index (χ2n) is 14.6. The number of rotatable bonds is 8. The van der Waals surface area contributed by atoms with Crippen LogP contribution in [-0.4, -0.2) is 5.91 Å². The molecule has 0 aliphatic carbocycles. The van der Waals surface area contributed by atoms with Crippen LogP contribution < -0.4 is 15.8 Å². The van der Waals surface area contributed by atoms with Gasteiger partial charge in [0.05, 0.1) is 5.56 Å². The Bertz CT molecular complexity index is 1290. The Balaban J connectivity index is 2.09. The van der Waals surface area contributed by atoms with Crippen molar-refractivity contribution in [3.05, 3.63) is 83.4 Å². The highest BCUT2D eigenvalue weighted by Gasteiger charge is 2.33. The molecule has 3 aromatic rings. The summed E-state index contributed by atoms with van der Waals surface area (Å²) < 4.78 is 6.61. The predicted molar refractivity (Wildman–Crippen MR) is 166 cm³/mol. The number of anilines is 2. The summed E-state index contributed by atoms with van der Waals surface area (Å²) in [6.07, 6.45) is 2.03. The number of benzene rings is 3. The maximum Gasteiger partial charge on any atom is 0.259 e. The Morgan fingerprint density at radius 2 is 1.28 bits per heavy atom. The topological polar surface area (TPSA) is 64.3 Å². The van der Waals surface area contributed by atoms with E-state index in [1.54, 1.807) is 18.2 Å². The van der Waals surface area contributed by atoms with Crippen molar-refractivity contribution in [1.29, 1.82) is 0 Å². The van der Waals surface area contributed by atoms with Gasteiger partial charge in [-0.25, -0.2) is 0 Å². The minimum atomic E-state index is -0.262. The summed E-state index contributed by atoms with van der Waals surface area (Å²) in [4.78, 5) is 13.3. The van der Waals surface area contributed by atoms with E-state index in [0.29, 0.717) is 22.7 Å². The van der Waals surface area contributed by atoms with E-state index < -0.39 is 0 Å². The van der Waals surface area contributed by atoms with Crippen LogP contribution in [0.25, 0.3) is 0 Å². The van der Waals surface area contributed by atoms with Gasteiger partial charge in [0, 0.05) is 16.9 Å². The maximum atomic E-state index is 13.3.